The number of nitrogens with zero attached hydrogens (tertiary/aromatic N) is 1. The molecule has 0 fully saturated rings. The number of anilines is 2. The number of amides is 2. The van der Waals surface area contributed by atoms with Gasteiger partial charge in [0, 0.05) is 11.6 Å². The van der Waals surface area contributed by atoms with Crippen LogP contribution < -0.4 is 15.4 Å². The summed E-state index contributed by atoms with van der Waals surface area (Å²) in [6, 6.07) is 9.55. The zero-order valence-electron chi connectivity index (χ0n) is 15.5. The summed E-state index contributed by atoms with van der Waals surface area (Å²) >= 11 is 0. The van der Waals surface area contributed by atoms with Crippen molar-refractivity contribution in [2.24, 2.45) is 0 Å². The lowest BCUT2D eigenvalue weighted by Crippen LogP contribution is -2.21. The van der Waals surface area contributed by atoms with Crippen molar-refractivity contribution in [3.63, 3.8) is 0 Å². The van der Waals surface area contributed by atoms with Crippen molar-refractivity contribution in [2.45, 2.75) is 19.8 Å². The van der Waals surface area contributed by atoms with E-state index in [1.54, 1.807) is 19.2 Å². The number of rotatable bonds is 6. The predicted molar refractivity (Wildman–Crippen MR) is 104 cm³/mol. The zero-order chi connectivity index (χ0) is 20.1. The fourth-order valence-electron chi connectivity index (χ4n) is 2.78. The summed E-state index contributed by atoms with van der Waals surface area (Å²) in [5, 5.41) is 12.4. The number of halogens is 2. The molecule has 1 heterocycles. The van der Waals surface area contributed by atoms with E-state index in [4.69, 9.17) is 4.74 Å². The molecular formula is C20H20F2N4O2. The minimum absolute atomic E-state index is 0.123. The summed E-state index contributed by atoms with van der Waals surface area (Å²) in [7, 11) is 1.57. The van der Waals surface area contributed by atoms with Crippen LogP contribution in [0.25, 0.3) is 11.3 Å². The first kappa shape index (κ1) is 19.3. The molecule has 0 saturated carbocycles. The average Bonchev–Trinajstić information content (AvgIpc) is 3.07. The molecule has 3 N–H and O–H groups in total. The van der Waals surface area contributed by atoms with E-state index in [1.165, 1.54) is 0 Å². The number of aromatic nitrogens is 2. The van der Waals surface area contributed by atoms with Crippen molar-refractivity contribution >= 4 is 17.4 Å². The lowest BCUT2D eigenvalue weighted by atomic mass is 10.1. The molecule has 0 atom stereocenters. The van der Waals surface area contributed by atoms with Gasteiger partial charge in [-0.15, -0.1) is 0 Å². The maximum atomic E-state index is 13.8. The Morgan fingerprint density at radius 3 is 2.71 bits per heavy atom. The van der Waals surface area contributed by atoms with Gasteiger partial charge in [-0.1, -0.05) is 25.5 Å². The van der Waals surface area contributed by atoms with Crippen molar-refractivity contribution < 1.29 is 18.3 Å². The van der Waals surface area contributed by atoms with Crippen LogP contribution in [0.4, 0.5) is 25.0 Å². The SMILES string of the molecule is CCCc1[nH]nc(-c2cccc(OC)c2)c1NC(=O)Nc1ccc(F)cc1F. The van der Waals surface area contributed by atoms with Gasteiger partial charge in [-0.3, -0.25) is 5.10 Å². The van der Waals surface area contributed by atoms with E-state index in [2.05, 4.69) is 20.8 Å². The molecule has 0 aliphatic heterocycles. The fourth-order valence-corrected chi connectivity index (χ4v) is 2.78. The molecule has 2 amide bonds. The summed E-state index contributed by atoms with van der Waals surface area (Å²) in [5.74, 6) is -0.922. The maximum absolute atomic E-state index is 13.8. The summed E-state index contributed by atoms with van der Waals surface area (Å²) in [4.78, 5) is 12.4. The number of carbonyl (C=O) groups is 1. The molecule has 0 radical (unpaired) electrons. The van der Waals surface area contributed by atoms with Crippen molar-refractivity contribution in [3.05, 3.63) is 59.8 Å². The number of urea groups is 1. The van der Waals surface area contributed by atoms with Gasteiger partial charge in [0.1, 0.15) is 23.1 Å². The molecule has 28 heavy (non-hydrogen) atoms. The van der Waals surface area contributed by atoms with E-state index in [-0.39, 0.29) is 5.69 Å². The third-order valence-electron chi connectivity index (χ3n) is 4.10. The number of aromatic amines is 1. The van der Waals surface area contributed by atoms with Gasteiger partial charge in [0.2, 0.25) is 0 Å². The first-order chi connectivity index (χ1) is 13.5. The smallest absolute Gasteiger partial charge is 0.323 e. The third kappa shape index (κ3) is 4.28. The highest BCUT2D eigenvalue weighted by atomic mass is 19.1. The summed E-state index contributed by atoms with van der Waals surface area (Å²) < 4.78 is 32.1. The second kappa shape index (κ2) is 8.51. The number of hydrogen-bond acceptors (Lipinski definition) is 3. The molecule has 0 saturated heterocycles. The van der Waals surface area contributed by atoms with Crippen molar-refractivity contribution in [1.29, 1.82) is 0 Å². The van der Waals surface area contributed by atoms with Crippen molar-refractivity contribution in [1.82, 2.24) is 10.2 Å². The average molecular weight is 386 g/mol. The molecule has 6 nitrogen and oxygen atoms in total. The van der Waals surface area contributed by atoms with Crippen LogP contribution in [0.5, 0.6) is 5.75 Å². The van der Waals surface area contributed by atoms with Crippen LogP contribution in [0.1, 0.15) is 19.0 Å². The number of methoxy groups -OCH3 is 1. The van der Waals surface area contributed by atoms with Gasteiger partial charge in [0.15, 0.2) is 0 Å². The Kier molecular flexibility index (Phi) is 5.88. The van der Waals surface area contributed by atoms with Crippen LogP contribution in [-0.4, -0.2) is 23.3 Å². The van der Waals surface area contributed by atoms with Crippen molar-refractivity contribution in [2.75, 3.05) is 17.7 Å². The van der Waals surface area contributed by atoms with E-state index < -0.39 is 17.7 Å². The van der Waals surface area contributed by atoms with Crippen molar-refractivity contribution in [3.8, 4) is 17.0 Å². The number of nitrogens with one attached hydrogen (secondary N) is 3. The Labute approximate surface area is 160 Å². The molecule has 8 heteroatoms. The highest BCUT2D eigenvalue weighted by molar-refractivity contribution is 6.02. The zero-order valence-corrected chi connectivity index (χ0v) is 15.5. The van der Waals surface area contributed by atoms with Gasteiger partial charge in [-0.2, -0.15) is 5.10 Å². The molecule has 2 aromatic carbocycles. The number of hydrogen-bond donors (Lipinski definition) is 3. The normalized spacial score (nSPS) is 10.6. The number of aryl methyl sites for hydroxylation is 1. The Morgan fingerprint density at radius 1 is 1.18 bits per heavy atom. The topological polar surface area (TPSA) is 79.0 Å². The van der Waals surface area contributed by atoms with Gasteiger partial charge < -0.3 is 15.4 Å². The molecule has 3 rings (SSSR count). The Morgan fingerprint density at radius 2 is 2.00 bits per heavy atom. The van der Waals surface area contributed by atoms with Gasteiger partial charge in [-0.05, 0) is 30.7 Å². The van der Waals surface area contributed by atoms with E-state index in [0.717, 1.165) is 29.8 Å². The molecule has 0 aliphatic carbocycles. The number of ether oxygens (including phenoxy) is 1. The van der Waals surface area contributed by atoms with Gasteiger partial charge >= 0.3 is 6.03 Å². The number of H-pyrrole nitrogens is 1. The van der Waals surface area contributed by atoms with Gasteiger partial charge in [0.25, 0.3) is 0 Å². The van der Waals surface area contributed by atoms with Crippen LogP contribution in [0.15, 0.2) is 42.5 Å². The first-order valence-electron chi connectivity index (χ1n) is 8.76. The summed E-state index contributed by atoms with van der Waals surface area (Å²) in [6.45, 7) is 2.00. The maximum Gasteiger partial charge on any atom is 0.323 e. The quantitative estimate of drug-likeness (QED) is 0.560. The van der Waals surface area contributed by atoms with E-state index in [0.29, 0.717) is 29.6 Å². The Hall–Kier alpha value is -3.42. The molecule has 0 aliphatic rings. The summed E-state index contributed by atoms with van der Waals surface area (Å²) in [5.41, 5.74) is 2.41. The predicted octanol–water partition coefficient (Wildman–Crippen LogP) is 4.96. The molecular weight excluding hydrogens is 366 g/mol. The fraction of sp³-hybridized carbons (Fsp3) is 0.200. The minimum Gasteiger partial charge on any atom is -0.497 e. The first-order valence-corrected chi connectivity index (χ1v) is 8.76. The highest BCUT2D eigenvalue weighted by Gasteiger charge is 2.18. The van der Waals surface area contributed by atoms with E-state index in [9.17, 15) is 13.6 Å². The molecule has 3 aromatic rings. The minimum atomic E-state index is -0.857. The second-order valence-corrected chi connectivity index (χ2v) is 6.11. The lowest BCUT2D eigenvalue weighted by Gasteiger charge is -2.11. The van der Waals surface area contributed by atoms with E-state index in [1.807, 2.05) is 19.1 Å². The summed E-state index contributed by atoms with van der Waals surface area (Å²) in [6.07, 6.45) is 1.50. The molecule has 0 spiro atoms. The third-order valence-corrected chi connectivity index (χ3v) is 4.10. The van der Waals surface area contributed by atoms with Crippen LogP contribution in [-0.2, 0) is 6.42 Å². The largest absolute Gasteiger partial charge is 0.497 e. The Balaban J connectivity index is 1.89. The molecule has 0 bridgehead atoms. The monoisotopic (exact) mass is 386 g/mol. The van der Waals surface area contributed by atoms with Crippen LogP contribution in [0.3, 0.4) is 0 Å². The molecule has 0 unspecified atom stereocenters. The number of benzene rings is 2. The van der Waals surface area contributed by atoms with Crippen LogP contribution >= 0.6 is 0 Å². The lowest BCUT2D eigenvalue weighted by molar-refractivity contribution is 0.262. The van der Waals surface area contributed by atoms with Crippen LogP contribution in [0, 0.1) is 11.6 Å². The standard InChI is InChI=1S/C20H20F2N4O2/c1-3-5-17-19(18(26-25-17)12-6-4-7-14(10-12)28-2)24-20(27)23-16-9-8-13(21)11-15(16)22/h4,6-11H,3,5H2,1-2H3,(H,25,26)(H2,23,24,27). The highest BCUT2D eigenvalue weighted by Crippen LogP contribution is 2.31. The van der Waals surface area contributed by atoms with Gasteiger partial charge in [-0.25, -0.2) is 13.6 Å². The van der Waals surface area contributed by atoms with Crippen LogP contribution in [0.2, 0.25) is 0 Å². The molecule has 146 valence electrons. The second-order valence-electron chi connectivity index (χ2n) is 6.11. The number of carbonyl (C=O) groups excluding carboxylic acids is 1. The Bertz CT molecular complexity index is 988. The molecule has 1 aromatic heterocycles. The van der Waals surface area contributed by atoms with E-state index >= 15 is 0 Å². The van der Waals surface area contributed by atoms with Gasteiger partial charge in [0.05, 0.1) is 24.2 Å².